The van der Waals surface area contributed by atoms with Gasteiger partial charge in [-0.25, -0.2) is 12.8 Å². The van der Waals surface area contributed by atoms with Gasteiger partial charge in [-0.1, -0.05) is 18.2 Å². The van der Waals surface area contributed by atoms with Crippen LogP contribution in [0.4, 0.5) is 10.1 Å². The standard InChI is InChI=1S/C17H15FN2O2S/c1-12-3-4-14(9-13(12)2)10-17(11-19)23(21,22)20-16-7-5-15(18)6-8-16/h3-10,20H,1-2H3/b17-10-. The van der Waals surface area contributed by atoms with Crippen LogP contribution in [-0.4, -0.2) is 8.42 Å². The van der Waals surface area contributed by atoms with Crippen molar-refractivity contribution in [2.45, 2.75) is 13.8 Å². The monoisotopic (exact) mass is 330 g/mol. The van der Waals surface area contributed by atoms with E-state index < -0.39 is 20.7 Å². The highest BCUT2D eigenvalue weighted by atomic mass is 32.2. The van der Waals surface area contributed by atoms with E-state index in [-0.39, 0.29) is 5.69 Å². The molecule has 6 heteroatoms. The molecule has 2 aromatic carbocycles. The summed E-state index contributed by atoms with van der Waals surface area (Å²) in [4.78, 5) is -0.412. The Morgan fingerprint density at radius 3 is 2.35 bits per heavy atom. The maximum Gasteiger partial charge on any atom is 0.272 e. The molecule has 23 heavy (non-hydrogen) atoms. The van der Waals surface area contributed by atoms with E-state index in [9.17, 15) is 18.1 Å². The first-order valence-corrected chi connectivity index (χ1v) is 8.27. The van der Waals surface area contributed by atoms with Crippen LogP contribution in [-0.2, 0) is 10.0 Å². The lowest BCUT2D eigenvalue weighted by atomic mass is 10.1. The zero-order chi connectivity index (χ0) is 17.0. The summed E-state index contributed by atoms with van der Waals surface area (Å²) in [5.41, 5.74) is 2.88. The van der Waals surface area contributed by atoms with E-state index in [2.05, 4.69) is 4.72 Å². The molecule has 0 atom stereocenters. The number of allylic oxidation sites excluding steroid dienone is 1. The number of sulfonamides is 1. The smallest absolute Gasteiger partial charge is 0.272 e. The number of nitrogens with one attached hydrogen (secondary N) is 1. The van der Waals surface area contributed by atoms with Crippen molar-refractivity contribution < 1.29 is 12.8 Å². The third kappa shape index (κ3) is 4.18. The first kappa shape index (κ1) is 16.7. The summed E-state index contributed by atoms with van der Waals surface area (Å²) in [6.45, 7) is 3.85. The molecule has 0 aromatic heterocycles. The molecule has 0 fully saturated rings. The molecule has 2 aromatic rings. The van der Waals surface area contributed by atoms with Gasteiger partial charge in [-0.2, -0.15) is 5.26 Å². The molecule has 0 saturated heterocycles. The Morgan fingerprint density at radius 1 is 1.13 bits per heavy atom. The van der Waals surface area contributed by atoms with E-state index in [1.54, 1.807) is 18.2 Å². The van der Waals surface area contributed by atoms with E-state index in [1.165, 1.54) is 18.2 Å². The van der Waals surface area contributed by atoms with Crippen molar-refractivity contribution in [3.05, 3.63) is 69.9 Å². The molecule has 0 radical (unpaired) electrons. The predicted molar refractivity (Wildman–Crippen MR) is 88.4 cm³/mol. The molecule has 0 heterocycles. The SMILES string of the molecule is Cc1ccc(/C=C(/C#N)S(=O)(=O)Nc2ccc(F)cc2)cc1C. The fourth-order valence-corrected chi connectivity index (χ4v) is 2.87. The lowest BCUT2D eigenvalue weighted by Gasteiger charge is -2.07. The van der Waals surface area contributed by atoms with Gasteiger partial charge < -0.3 is 0 Å². The van der Waals surface area contributed by atoms with Gasteiger partial charge in [-0.05, 0) is 60.9 Å². The topological polar surface area (TPSA) is 70.0 Å². The Labute approximate surface area is 134 Å². The van der Waals surface area contributed by atoms with Crippen LogP contribution >= 0.6 is 0 Å². The van der Waals surface area contributed by atoms with E-state index in [0.29, 0.717) is 5.56 Å². The minimum Gasteiger partial charge on any atom is -0.279 e. The van der Waals surface area contributed by atoms with Gasteiger partial charge in [0, 0.05) is 5.69 Å². The molecule has 4 nitrogen and oxygen atoms in total. The largest absolute Gasteiger partial charge is 0.279 e. The van der Waals surface area contributed by atoms with Gasteiger partial charge in [0.25, 0.3) is 10.0 Å². The van der Waals surface area contributed by atoms with E-state index in [1.807, 2.05) is 19.9 Å². The number of anilines is 1. The van der Waals surface area contributed by atoms with Gasteiger partial charge >= 0.3 is 0 Å². The number of nitrogens with zero attached hydrogens (tertiary/aromatic N) is 1. The average Bonchev–Trinajstić information content (AvgIpc) is 2.50. The van der Waals surface area contributed by atoms with Crippen molar-refractivity contribution >= 4 is 21.8 Å². The average molecular weight is 330 g/mol. The Morgan fingerprint density at radius 2 is 1.78 bits per heavy atom. The second-order valence-corrected chi connectivity index (χ2v) is 6.73. The van der Waals surface area contributed by atoms with Gasteiger partial charge in [-0.3, -0.25) is 4.72 Å². The van der Waals surface area contributed by atoms with E-state index in [0.717, 1.165) is 23.3 Å². The first-order valence-electron chi connectivity index (χ1n) is 6.79. The number of halogens is 1. The Hall–Kier alpha value is -2.65. The highest BCUT2D eigenvalue weighted by molar-refractivity contribution is 7.96. The number of hydrogen-bond donors (Lipinski definition) is 1. The molecule has 0 aliphatic heterocycles. The molecule has 118 valence electrons. The normalized spacial score (nSPS) is 11.8. The summed E-state index contributed by atoms with van der Waals surface area (Å²) < 4.78 is 39.7. The van der Waals surface area contributed by atoms with Crippen molar-refractivity contribution in [3.63, 3.8) is 0 Å². The third-order valence-corrected chi connectivity index (χ3v) is 4.62. The summed E-state index contributed by atoms with van der Waals surface area (Å²) in [7, 11) is -4.03. The van der Waals surface area contributed by atoms with Crippen molar-refractivity contribution in [1.29, 1.82) is 5.26 Å². The second-order valence-electron chi connectivity index (χ2n) is 5.08. The third-order valence-electron chi connectivity index (χ3n) is 3.32. The van der Waals surface area contributed by atoms with Gasteiger partial charge in [0.1, 0.15) is 11.9 Å². The maximum atomic E-state index is 12.9. The zero-order valence-corrected chi connectivity index (χ0v) is 13.5. The minimum atomic E-state index is -4.03. The summed E-state index contributed by atoms with van der Waals surface area (Å²) in [5.74, 6) is -0.473. The molecule has 0 bridgehead atoms. The molecule has 0 unspecified atom stereocenters. The fraction of sp³-hybridized carbons (Fsp3) is 0.118. The number of rotatable bonds is 4. The lowest BCUT2D eigenvalue weighted by molar-refractivity contribution is 0.608. The summed E-state index contributed by atoms with van der Waals surface area (Å²) >= 11 is 0. The van der Waals surface area contributed by atoms with Crippen LogP contribution < -0.4 is 4.72 Å². The van der Waals surface area contributed by atoms with Crippen LogP contribution in [0.15, 0.2) is 47.4 Å². The maximum absolute atomic E-state index is 12.9. The molecule has 2 rings (SSSR count). The Kier molecular flexibility index (Phi) is 4.82. The van der Waals surface area contributed by atoms with Crippen LogP contribution in [0.1, 0.15) is 16.7 Å². The highest BCUT2D eigenvalue weighted by Gasteiger charge is 2.17. The van der Waals surface area contributed by atoms with Crippen molar-refractivity contribution in [1.82, 2.24) is 0 Å². The number of aryl methyl sites for hydroxylation is 2. The van der Waals surface area contributed by atoms with Gasteiger partial charge in [0.2, 0.25) is 0 Å². The molecule has 0 aliphatic rings. The quantitative estimate of drug-likeness (QED) is 0.868. The highest BCUT2D eigenvalue weighted by Crippen LogP contribution is 2.18. The fourth-order valence-electron chi connectivity index (χ4n) is 1.90. The molecule has 0 saturated carbocycles. The second kappa shape index (κ2) is 6.63. The van der Waals surface area contributed by atoms with E-state index >= 15 is 0 Å². The van der Waals surface area contributed by atoms with E-state index in [4.69, 9.17) is 0 Å². The lowest BCUT2D eigenvalue weighted by Crippen LogP contribution is -2.14. The van der Waals surface area contributed by atoms with Crippen LogP contribution in [0.2, 0.25) is 0 Å². The number of nitriles is 1. The predicted octanol–water partition coefficient (Wildman–Crippen LogP) is 3.75. The molecule has 1 N–H and O–H groups in total. The molecule has 0 amide bonds. The minimum absolute atomic E-state index is 0.188. The molecular formula is C17H15FN2O2S. The molecule has 0 aliphatic carbocycles. The summed E-state index contributed by atoms with van der Waals surface area (Å²) in [6.07, 6.45) is 1.30. The van der Waals surface area contributed by atoms with Crippen LogP contribution in [0.25, 0.3) is 6.08 Å². The van der Waals surface area contributed by atoms with Gasteiger partial charge in [-0.15, -0.1) is 0 Å². The zero-order valence-electron chi connectivity index (χ0n) is 12.7. The van der Waals surface area contributed by atoms with Gasteiger partial charge in [0.15, 0.2) is 4.91 Å². The van der Waals surface area contributed by atoms with Crippen molar-refractivity contribution in [2.24, 2.45) is 0 Å². The van der Waals surface area contributed by atoms with Crippen molar-refractivity contribution in [2.75, 3.05) is 4.72 Å². The first-order chi connectivity index (χ1) is 10.8. The molecule has 0 spiro atoms. The van der Waals surface area contributed by atoms with Crippen molar-refractivity contribution in [3.8, 4) is 6.07 Å². The number of benzene rings is 2. The summed E-state index contributed by atoms with van der Waals surface area (Å²) in [5, 5.41) is 9.17. The Balaban J connectivity index is 2.34. The summed E-state index contributed by atoms with van der Waals surface area (Å²) in [6, 6.07) is 12.0. The van der Waals surface area contributed by atoms with Crippen LogP contribution in [0, 0.1) is 31.0 Å². The van der Waals surface area contributed by atoms with Crippen LogP contribution in [0.5, 0.6) is 0 Å². The number of hydrogen-bond acceptors (Lipinski definition) is 3. The molecular weight excluding hydrogens is 315 g/mol. The Bertz CT molecular complexity index is 895. The van der Waals surface area contributed by atoms with Crippen LogP contribution in [0.3, 0.4) is 0 Å². The van der Waals surface area contributed by atoms with Gasteiger partial charge in [0.05, 0.1) is 0 Å².